The molecule has 0 spiro atoms. The van der Waals surface area contributed by atoms with Crippen LogP contribution in [-0.2, 0) is 14.8 Å². The van der Waals surface area contributed by atoms with Crippen molar-refractivity contribution < 1.29 is 23.1 Å². The molecule has 0 heterocycles. The van der Waals surface area contributed by atoms with Crippen LogP contribution in [0.2, 0.25) is 0 Å². The van der Waals surface area contributed by atoms with Gasteiger partial charge < -0.3 is 15.2 Å². The minimum absolute atomic E-state index is 0.0270. The first kappa shape index (κ1) is 20.6. The molecule has 8 heteroatoms. The van der Waals surface area contributed by atoms with Gasteiger partial charge in [-0.25, -0.2) is 8.42 Å². The second-order valence-corrected chi connectivity index (χ2v) is 7.66. The fraction of sp³-hybridized carbons (Fsp3) is 0.562. The zero-order chi connectivity index (χ0) is 18.4. The summed E-state index contributed by atoms with van der Waals surface area (Å²) in [5.74, 6) is -0.391. The van der Waals surface area contributed by atoms with Gasteiger partial charge >= 0.3 is 0 Å². The number of methoxy groups -OCH3 is 1. The summed E-state index contributed by atoms with van der Waals surface area (Å²) in [6.45, 7) is 5.99. The van der Waals surface area contributed by atoms with Gasteiger partial charge in [-0.3, -0.25) is 4.79 Å². The molecule has 0 fully saturated rings. The summed E-state index contributed by atoms with van der Waals surface area (Å²) in [6.07, 6.45) is 0. The predicted octanol–water partition coefficient (Wildman–Crippen LogP) is 0.844. The quantitative estimate of drug-likeness (QED) is 0.682. The van der Waals surface area contributed by atoms with Gasteiger partial charge in [0, 0.05) is 32.3 Å². The third-order valence-electron chi connectivity index (χ3n) is 3.54. The van der Waals surface area contributed by atoms with Crippen molar-refractivity contribution in [3.8, 4) is 0 Å². The summed E-state index contributed by atoms with van der Waals surface area (Å²) in [7, 11) is -2.08. The highest BCUT2D eigenvalue weighted by Gasteiger charge is 2.23. The van der Waals surface area contributed by atoms with Crippen LogP contribution < -0.4 is 5.32 Å². The Morgan fingerprint density at radius 1 is 1.25 bits per heavy atom. The molecule has 1 aromatic rings. The van der Waals surface area contributed by atoms with E-state index in [2.05, 4.69) is 5.32 Å². The maximum Gasteiger partial charge on any atom is 0.251 e. The van der Waals surface area contributed by atoms with Gasteiger partial charge in [0.2, 0.25) is 10.0 Å². The van der Waals surface area contributed by atoms with E-state index in [1.54, 1.807) is 20.8 Å². The predicted molar refractivity (Wildman–Crippen MR) is 91.4 cm³/mol. The lowest BCUT2D eigenvalue weighted by Crippen LogP contribution is -2.43. The molecule has 0 bridgehead atoms. The normalized spacial score (nSPS) is 14.4. The molecule has 2 N–H and O–H groups in total. The molecule has 7 nitrogen and oxygen atoms in total. The van der Waals surface area contributed by atoms with Crippen LogP contribution in [0.25, 0.3) is 0 Å². The minimum Gasteiger partial charge on any atom is -0.386 e. The van der Waals surface area contributed by atoms with Gasteiger partial charge in [-0.1, -0.05) is 13.8 Å². The molecule has 136 valence electrons. The Morgan fingerprint density at radius 2 is 1.79 bits per heavy atom. The second kappa shape index (κ2) is 8.57. The molecule has 0 radical (unpaired) electrons. The first-order valence-corrected chi connectivity index (χ1v) is 9.21. The van der Waals surface area contributed by atoms with Gasteiger partial charge in [0.15, 0.2) is 0 Å². The van der Waals surface area contributed by atoms with Crippen molar-refractivity contribution in [1.82, 2.24) is 9.62 Å². The molecule has 1 rings (SSSR count). The van der Waals surface area contributed by atoms with E-state index in [4.69, 9.17) is 4.74 Å². The molecule has 1 amide bonds. The fourth-order valence-electron chi connectivity index (χ4n) is 2.23. The van der Waals surface area contributed by atoms with E-state index in [1.807, 2.05) is 0 Å². The maximum absolute atomic E-state index is 12.4. The number of aliphatic hydroxyl groups is 1. The number of nitrogens with one attached hydrogen (secondary N) is 1. The topological polar surface area (TPSA) is 95.9 Å². The molecule has 24 heavy (non-hydrogen) atoms. The number of ether oxygens (including phenoxy) is 1. The van der Waals surface area contributed by atoms with E-state index in [-0.39, 0.29) is 18.0 Å². The largest absolute Gasteiger partial charge is 0.386 e. The Balaban J connectivity index is 2.82. The summed E-state index contributed by atoms with van der Waals surface area (Å²) in [5.41, 5.74) is -0.849. The van der Waals surface area contributed by atoms with E-state index >= 15 is 0 Å². The van der Waals surface area contributed by atoms with Gasteiger partial charge in [-0.2, -0.15) is 4.31 Å². The van der Waals surface area contributed by atoms with E-state index in [0.717, 1.165) is 0 Å². The average Bonchev–Trinajstić information content (AvgIpc) is 2.53. The Kier molecular flexibility index (Phi) is 7.34. The second-order valence-electron chi connectivity index (χ2n) is 5.73. The van der Waals surface area contributed by atoms with E-state index in [0.29, 0.717) is 18.7 Å². The molecule has 0 saturated carbocycles. The average molecular weight is 358 g/mol. The number of carbonyl (C=O) groups is 1. The van der Waals surface area contributed by atoms with Gasteiger partial charge in [0.05, 0.1) is 11.5 Å². The standard InChI is InChI=1S/C16H26N2O5S/c1-5-18(6-2)24(21,22)14-9-7-13(8-10-14)15(19)17-11-16(3,20)12-23-4/h7-10,20H,5-6,11-12H2,1-4H3,(H,17,19). The molecule has 0 aliphatic rings. The molecule has 0 aliphatic heterocycles. The van der Waals surface area contributed by atoms with Crippen molar-refractivity contribution in [3.05, 3.63) is 29.8 Å². The number of hydrogen-bond donors (Lipinski definition) is 2. The van der Waals surface area contributed by atoms with Gasteiger partial charge in [-0.05, 0) is 31.2 Å². The Labute approximate surface area is 143 Å². The van der Waals surface area contributed by atoms with E-state index in [9.17, 15) is 18.3 Å². The molecule has 1 atom stereocenters. The van der Waals surface area contributed by atoms with Crippen molar-refractivity contribution >= 4 is 15.9 Å². The number of benzene rings is 1. The zero-order valence-corrected chi connectivity index (χ0v) is 15.4. The third-order valence-corrected chi connectivity index (χ3v) is 5.61. The first-order chi connectivity index (χ1) is 11.2. The van der Waals surface area contributed by atoms with Crippen LogP contribution >= 0.6 is 0 Å². The van der Waals surface area contributed by atoms with Crippen LogP contribution in [0.15, 0.2) is 29.2 Å². The first-order valence-electron chi connectivity index (χ1n) is 7.77. The third kappa shape index (κ3) is 5.27. The minimum atomic E-state index is -3.54. The van der Waals surface area contributed by atoms with Crippen molar-refractivity contribution in [1.29, 1.82) is 0 Å². The van der Waals surface area contributed by atoms with Crippen molar-refractivity contribution in [3.63, 3.8) is 0 Å². The van der Waals surface area contributed by atoms with E-state index < -0.39 is 21.5 Å². The Bertz CT molecular complexity index is 637. The maximum atomic E-state index is 12.4. The highest BCUT2D eigenvalue weighted by molar-refractivity contribution is 7.89. The lowest BCUT2D eigenvalue weighted by molar-refractivity contribution is -0.0147. The highest BCUT2D eigenvalue weighted by atomic mass is 32.2. The number of nitrogens with zero attached hydrogens (tertiary/aromatic N) is 1. The fourth-order valence-corrected chi connectivity index (χ4v) is 3.68. The lowest BCUT2D eigenvalue weighted by atomic mass is 10.1. The van der Waals surface area contributed by atoms with Gasteiger partial charge in [0.25, 0.3) is 5.91 Å². The summed E-state index contributed by atoms with van der Waals surface area (Å²) < 4.78 is 31.0. The summed E-state index contributed by atoms with van der Waals surface area (Å²) in [4.78, 5) is 12.2. The van der Waals surface area contributed by atoms with Gasteiger partial charge in [0.1, 0.15) is 5.60 Å². The molecule has 0 saturated heterocycles. The SMILES string of the molecule is CCN(CC)S(=O)(=O)c1ccc(C(=O)NCC(C)(O)COC)cc1. The molecular formula is C16H26N2O5S. The highest BCUT2D eigenvalue weighted by Crippen LogP contribution is 2.16. The van der Waals surface area contributed by atoms with Crippen molar-refractivity contribution in [2.75, 3.05) is 33.4 Å². The van der Waals surface area contributed by atoms with Crippen molar-refractivity contribution in [2.24, 2.45) is 0 Å². The molecule has 0 aromatic heterocycles. The summed E-state index contributed by atoms with van der Waals surface area (Å²) in [6, 6.07) is 5.74. The Morgan fingerprint density at radius 3 is 2.25 bits per heavy atom. The molecule has 0 aliphatic carbocycles. The van der Waals surface area contributed by atoms with Crippen LogP contribution in [-0.4, -0.2) is 62.7 Å². The molecule has 1 aromatic carbocycles. The zero-order valence-electron chi connectivity index (χ0n) is 14.6. The lowest BCUT2D eigenvalue weighted by Gasteiger charge is -2.22. The molecule has 1 unspecified atom stereocenters. The van der Waals surface area contributed by atoms with Crippen LogP contribution in [0.5, 0.6) is 0 Å². The summed E-state index contributed by atoms with van der Waals surface area (Å²) in [5, 5.41) is 12.6. The number of carbonyl (C=O) groups excluding carboxylic acids is 1. The number of hydrogen-bond acceptors (Lipinski definition) is 5. The van der Waals surface area contributed by atoms with Crippen LogP contribution in [0, 0.1) is 0 Å². The number of rotatable bonds is 9. The smallest absolute Gasteiger partial charge is 0.251 e. The van der Waals surface area contributed by atoms with Gasteiger partial charge in [-0.15, -0.1) is 0 Å². The Hall–Kier alpha value is -1.48. The van der Waals surface area contributed by atoms with E-state index in [1.165, 1.54) is 35.7 Å². The number of sulfonamides is 1. The monoisotopic (exact) mass is 358 g/mol. The molecular weight excluding hydrogens is 332 g/mol. The number of amides is 1. The van der Waals surface area contributed by atoms with Crippen LogP contribution in [0.1, 0.15) is 31.1 Å². The van der Waals surface area contributed by atoms with Crippen molar-refractivity contribution in [2.45, 2.75) is 31.3 Å². The van der Waals surface area contributed by atoms with Crippen LogP contribution in [0.4, 0.5) is 0 Å². The van der Waals surface area contributed by atoms with Crippen LogP contribution in [0.3, 0.4) is 0 Å². The summed E-state index contributed by atoms with van der Waals surface area (Å²) >= 11 is 0.